The van der Waals surface area contributed by atoms with Gasteiger partial charge in [0.2, 0.25) is 0 Å². The number of nitrogens with one attached hydrogen (secondary N) is 1. The maximum Gasteiger partial charge on any atom is 0.0502 e. The van der Waals surface area contributed by atoms with Gasteiger partial charge >= 0.3 is 0 Å². The molecule has 2 heteroatoms. The van der Waals surface area contributed by atoms with Gasteiger partial charge in [0.25, 0.3) is 0 Å². The largest absolute Gasteiger partial charge is 0.396 e. The second kappa shape index (κ2) is 4.07. The molecule has 1 unspecified atom stereocenters. The highest BCUT2D eigenvalue weighted by molar-refractivity contribution is 5.83. The van der Waals surface area contributed by atoms with E-state index < -0.39 is 0 Å². The summed E-state index contributed by atoms with van der Waals surface area (Å²) in [7, 11) is 0. The maximum absolute atomic E-state index is 9.41. The van der Waals surface area contributed by atoms with Crippen LogP contribution in [0.25, 0.3) is 10.9 Å². The Morgan fingerprint density at radius 1 is 1.27 bits per heavy atom. The highest BCUT2D eigenvalue weighted by Crippen LogP contribution is 2.30. The Labute approximate surface area is 89.9 Å². The number of benzene rings is 1. The number of aliphatic hydroxyl groups is 1. The van der Waals surface area contributed by atoms with Crippen molar-refractivity contribution in [3.63, 3.8) is 0 Å². The van der Waals surface area contributed by atoms with Gasteiger partial charge in [-0.2, -0.15) is 0 Å². The molecule has 0 saturated carbocycles. The summed E-state index contributed by atoms with van der Waals surface area (Å²) in [6.45, 7) is 4.49. The molecule has 0 aliphatic carbocycles. The molecule has 0 aliphatic rings. The summed E-state index contributed by atoms with van der Waals surface area (Å²) in [5, 5.41) is 10.6. The zero-order valence-corrected chi connectivity index (χ0v) is 9.20. The summed E-state index contributed by atoms with van der Waals surface area (Å²) in [6.07, 6.45) is 2.02. The molecule has 2 nitrogen and oxygen atoms in total. The molecule has 0 aliphatic heterocycles. The van der Waals surface area contributed by atoms with Gasteiger partial charge in [0.05, 0.1) is 6.61 Å². The fourth-order valence-corrected chi connectivity index (χ4v) is 2.07. The predicted octanol–water partition coefficient (Wildman–Crippen LogP) is 2.90. The van der Waals surface area contributed by atoms with Crippen molar-refractivity contribution in [1.29, 1.82) is 0 Å². The molecule has 2 N–H and O–H groups in total. The monoisotopic (exact) mass is 203 g/mol. The van der Waals surface area contributed by atoms with Crippen molar-refractivity contribution < 1.29 is 5.11 Å². The first-order chi connectivity index (χ1) is 7.24. The molecular formula is C13H17NO. The Morgan fingerprint density at radius 3 is 2.67 bits per heavy atom. The van der Waals surface area contributed by atoms with Crippen molar-refractivity contribution in [3.8, 4) is 0 Å². The minimum Gasteiger partial charge on any atom is -0.396 e. The van der Waals surface area contributed by atoms with Gasteiger partial charge in [-0.1, -0.05) is 32.0 Å². The predicted molar refractivity (Wildman–Crippen MR) is 63.0 cm³/mol. The van der Waals surface area contributed by atoms with E-state index in [1.165, 1.54) is 10.9 Å². The molecule has 0 fully saturated rings. The number of H-pyrrole nitrogens is 1. The topological polar surface area (TPSA) is 36.0 Å². The van der Waals surface area contributed by atoms with Crippen LogP contribution in [0.2, 0.25) is 0 Å². The van der Waals surface area contributed by atoms with Crippen molar-refractivity contribution in [3.05, 3.63) is 36.0 Å². The number of hydrogen-bond acceptors (Lipinski definition) is 1. The van der Waals surface area contributed by atoms with Gasteiger partial charge in [0.1, 0.15) is 0 Å². The van der Waals surface area contributed by atoms with E-state index in [2.05, 4.69) is 31.0 Å². The highest BCUT2D eigenvalue weighted by atomic mass is 16.3. The van der Waals surface area contributed by atoms with E-state index in [1.54, 1.807) is 0 Å². The first-order valence-electron chi connectivity index (χ1n) is 5.41. The molecule has 0 saturated heterocycles. The van der Waals surface area contributed by atoms with E-state index in [1.807, 2.05) is 18.3 Å². The number of para-hydroxylation sites is 1. The smallest absolute Gasteiger partial charge is 0.0502 e. The third-order valence-electron chi connectivity index (χ3n) is 3.02. The Balaban J connectivity index is 2.51. The van der Waals surface area contributed by atoms with Gasteiger partial charge in [0, 0.05) is 23.0 Å². The van der Waals surface area contributed by atoms with Crippen LogP contribution in [0.4, 0.5) is 0 Å². The van der Waals surface area contributed by atoms with Crippen molar-refractivity contribution in [2.75, 3.05) is 6.61 Å². The average Bonchev–Trinajstić information content (AvgIpc) is 2.63. The van der Waals surface area contributed by atoms with Gasteiger partial charge in [-0.15, -0.1) is 0 Å². The number of aliphatic hydroxyl groups excluding tert-OH is 1. The van der Waals surface area contributed by atoms with Crippen LogP contribution in [0, 0.1) is 5.92 Å². The molecule has 1 aromatic carbocycles. The summed E-state index contributed by atoms with van der Waals surface area (Å²) >= 11 is 0. The minimum atomic E-state index is 0.208. The first-order valence-corrected chi connectivity index (χ1v) is 5.41. The lowest BCUT2D eigenvalue weighted by atomic mass is 9.89. The number of hydrogen-bond donors (Lipinski definition) is 2. The van der Waals surface area contributed by atoms with Gasteiger partial charge in [-0.05, 0) is 17.5 Å². The fourth-order valence-electron chi connectivity index (χ4n) is 2.07. The lowest BCUT2D eigenvalue weighted by Crippen LogP contribution is -2.10. The van der Waals surface area contributed by atoms with Crippen LogP contribution in [-0.2, 0) is 0 Å². The van der Waals surface area contributed by atoms with E-state index in [0.29, 0.717) is 5.92 Å². The Kier molecular flexibility index (Phi) is 2.78. The molecule has 0 spiro atoms. The van der Waals surface area contributed by atoms with Crippen LogP contribution in [0.3, 0.4) is 0 Å². The van der Waals surface area contributed by atoms with Crippen LogP contribution in [0.1, 0.15) is 25.3 Å². The summed E-state index contributed by atoms with van der Waals surface area (Å²) in [4.78, 5) is 3.25. The SMILES string of the molecule is CC(C)C(CO)c1c[nH]c2ccccc12. The molecule has 1 heterocycles. The van der Waals surface area contributed by atoms with E-state index in [9.17, 15) is 5.11 Å². The summed E-state index contributed by atoms with van der Waals surface area (Å²) in [5.74, 6) is 0.676. The third kappa shape index (κ3) is 1.77. The van der Waals surface area contributed by atoms with E-state index >= 15 is 0 Å². The Hall–Kier alpha value is -1.28. The van der Waals surface area contributed by atoms with Gasteiger partial charge in [-0.3, -0.25) is 0 Å². The highest BCUT2D eigenvalue weighted by Gasteiger charge is 2.17. The molecule has 0 radical (unpaired) electrons. The van der Waals surface area contributed by atoms with Crippen LogP contribution < -0.4 is 0 Å². The Morgan fingerprint density at radius 2 is 2.00 bits per heavy atom. The molecule has 15 heavy (non-hydrogen) atoms. The van der Waals surface area contributed by atoms with Crippen molar-refractivity contribution in [1.82, 2.24) is 4.98 Å². The number of fused-ring (bicyclic) bond motifs is 1. The fraction of sp³-hybridized carbons (Fsp3) is 0.385. The quantitative estimate of drug-likeness (QED) is 0.790. The molecule has 1 aromatic heterocycles. The number of rotatable bonds is 3. The van der Waals surface area contributed by atoms with Crippen LogP contribution in [0.15, 0.2) is 30.5 Å². The molecule has 0 amide bonds. The van der Waals surface area contributed by atoms with E-state index in [0.717, 1.165) is 5.52 Å². The van der Waals surface area contributed by atoms with Crippen LogP contribution in [-0.4, -0.2) is 16.7 Å². The number of aromatic nitrogens is 1. The molecule has 1 atom stereocenters. The van der Waals surface area contributed by atoms with Crippen LogP contribution in [0.5, 0.6) is 0 Å². The molecular weight excluding hydrogens is 186 g/mol. The number of aromatic amines is 1. The second-order valence-corrected chi connectivity index (χ2v) is 4.32. The molecule has 2 rings (SSSR count). The molecule has 80 valence electrons. The molecule has 2 aromatic rings. The normalized spacial score (nSPS) is 13.6. The standard InChI is InChI=1S/C13H17NO/c1-9(2)12(8-15)11-7-14-13-6-4-3-5-10(11)13/h3-7,9,12,14-15H,8H2,1-2H3. The zero-order chi connectivity index (χ0) is 10.8. The third-order valence-corrected chi connectivity index (χ3v) is 3.02. The van der Waals surface area contributed by atoms with E-state index in [-0.39, 0.29) is 12.5 Å². The summed E-state index contributed by atoms with van der Waals surface area (Å²) in [6, 6.07) is 8.22. The van der Waals surface area contributed by atoms with Gasteiger partial charge in [-0.25, -0.2) is 0 Å². The second-order valence-electron chi connectivity index (χ2n) is 4.32. The lowest BCUT2D eigenvalue weighted by molar-refractivity contribution is 0.238. The van der Waals surface area contributed by atoms with E-state index in [4.69, 9.17) is 0 Å². The van der Waals surface area contributed by atoms with Gasteiger partial charge in [0.15, 0.2) is 0 Å². The lowest BCUT2D eigenvalue weighted by Gasteiger charge is -2.17. The first kappa shape index (κ1) is 10.2. The minimum absolute atomic E-state index is 0.208. The van der Waals surface area contributed by atoms with Gasteiger partial charge < -0.3 is 10.1 Å². The van der Waals surface area contributed by atoms with Crippen molar-refractivity contribution in [2.45, 2.75) is 19.8 Å². The Bertz CT molecular complexity index is 444. The zero-order valence-electron chi connectivity index (χ0n) is 9.20. The van der Waals surface area contributed by atoms with Crippen molar-refractivity contribution in [2.24, 2.45) is 5.92 Å². The van der Waals surface area contributed by atoms with Crippen molar-refractivity contribution >= 4 is 10.9 Å². The average molecular weight is 203 g/mol. The van der Waals surface area contributed by atoms with Crippen LogP contribution >= 0.6 is 0 Å². The maximum atomic E-state index is 9.41. The summed E-state index contributed by atoms with van der Waals surface area (Å²) < 4.78 is 0. The molecule has 0 bridgehead atoms. The summed E-state index contributed by atoms with van der Waals surface area (Å²) in [5.41, 5.74) is 2.37.